The SMILES string of the molecule is CCCCC[C@H](O)/C=C/[C@@H]1[C@H]2C/C(=C/COCCN3CCCC3)C[C@H]2C[C@H]1O. The van der Waals surface area contributed by atoms with E-state index in [2.05, 4.69) is 24.0 Å². The molecule has 2 N–H and O–H groups in total. The standard InChI is InChI=1S/C24H41NO3/c1-2-3-4-7-21(26)8-9-22-23-17-19(16-20(23)18-24(22)27)10-14-28-15-13-25-11-5-6-12-25/h8-10,20-24,26-27H,2-7,11-18H2,1H3/b9-8+,19-10+/t20-,21-,22+,23-,24+/m0/s1. The molecule has 1 aliphatic heterocycles. The molecule has 4 heteroatoms. The molecule has 0 amide bonds. The molecule has 5 atom stereocenters. The number of ether oxygens (including phenoxy) is 1. The van der Waals surface area contributed by atoms with Gasteiger partial charge in [-0.3, -0.25) is 0 Å². The molecule has 3 aliphatic rings. The van der Waals surface area contributed by atoms with Crippen molar-refractivity contribution >= 4 is 0 Å². The lowest BCUT2D eigenvalue weighted by atomic mass is 9.90. The van der Waals surface area contributed by atoms with Crippen LogP contribution in [0.2, 0.25) is 0 Å². The summed E-state index contributed by atoms with van der Waals surface area (Å²) in [7, 11) is 0. The number of allylic oxidation sites excluding steroid dienone is 1. The van der Waals surface area contributed by atoms with Crippen LogP contribution in [0, 0.1) is 17.8 Å². The minimum absolute atomic E-state index is 0.202. The third-order valence-electron chi connectivity index (χ3n) is 7.01. The number of hydrogen-bond acceptors (Lipinski definition) is 4. The van der Waals surface area contributed by atoms with E-state index in [1.54, 1.807) is 0 Å². The van der Waals surface area contributed by atoms with Gasteiger partial charge < -0.3 is 19.8 Å². The zero-order chi connectivity index (χ0) is 19.8. The second-order valence-electron chi connectivity index (χ2n) is 9.15. The molecule has 0 bridgehead atoms. The topological polar surface area (TPSA) is 52.9 Å². The Morgan fingerprint density at radius 1 is 1.21 bits per heavy atom. The lowest BCUT2D eigenvalue weighted by Crippen LogP contribution is -2.24. The summed E-state index contributed by atoms with van der Waals surface area (Å²) in [6.07, 6.45) is 15.8. The first-order valence-electron chi connectivity index (χ1n) is 11.7. The number of likely N-dealkylation sites (tertiary alicyclic amines) is 1. The van der Waals surface area contributed by atoms with Gasteiger partial charge >= 0.3 is 0 Å². The normalized spacial score (nSPS) is 33.3. The van der Waals surface area contributed by atoms with E-state index in [0.717, 1.165) is 51.9 Å². The average molecular weight is 392 g/mol. The number of fused-ring (bicyclic) bond motifs is 1. The maximum Gasteiger partial charge on any atom is 0.0721 e. The van der Waals surface area contributed by atoms with Crippen molar-refractivity contribution < 1.29 is 14.9 Å². The molecule has 0 aromatic carbocycles. The molecule has 3 fully saturated rings. The summed E-state index contributed by atoms with van der Waals surface area (Å²) in [6.45, 7) is 7.27. The van der Waals surface area contributed by atoms with Crippen LogP contribution in [0.15, 0.2) is 23.8 Å². The first-order chi connectivity index (χ1) is 13.7. The maximum absolute atomic E-state index is 10.5. The number of rotatable bonds is 11. The van der Waals surface area contributed by atoms with Crippen LogP contribution in [0.1, 0.15) is 64.7 Å². The van der Waals surface area contributed by atoms with Crippen LogP contribution in [0.5, 0.6) is 0 Å². The van der Waals surface area contributed by atoms with Crippen LogP contribution in [0.25, 0.3) is 0 Å². The van der Waals surface area contributed by atoms with Gasteiger partial charge in [-0.2, -0.15) is 0 Å². The van der Waals surface area contributed by atoms with Crippen molar-refractivity contribution in [2.24, 2.45) is 17.8 Å². The van der Waals surface area contributed by atoms with Crippen LogP contribution >= 0.6 is 0 Å². The third-order valence-corrected chi connectivity index (χ3v) is 7.01. The second kappa shape index (κ2) is 11.5. The predicted octanol–water partition coefficient (Wildman–Crippen LogP) is 3.93. The van der Waals surface area contributed by atoms with Crippen molar-refractivity contribution in [1.29, 1.82) is 0 Å². The average Bonchev–Trinajstić information content (AvgIpc) is 3.37. The van der Waals surface area contributed by atoms with Gasteiger partial charge in [0.15, 0.2) is 0 Å². The fourth-order valence-corrected chi connectivity index (χ4v) is 5.36. The highest BCUT2D eigenvalue weighted by Crippen LogP contribution is 2.50. The van der Waals surface area contributed by atoms with E-state index in [-0.39, 0.29) is 18.1 Å². The first kappa shape index (κ1) is 22.0. The minimum Gasteiger partial charge on any atom is -0.392 e. The highest BCUT2D eigenvalue weighted by molar-refractivity contribution is 5.18. The third kappa shape index (κ3) is 6.41. The Bertz CT molecular complexity index is 512. The van der Waals surface area contributed by atoms with Crippen molar-refractivity contribution in [3.63, 3.8) is 0 Å². The Labute approximate surface area is 171 Å². The highest BCUT2D eigenvalue weighted by Gasteiger charge is 2.44. The number of nitrogens with zero attached hydrogens (tertiary/aromatic N) is 1. The minimum atomic E-state index is -0.363. The van der Waals surface area contributed by atoms with Crippen LogP contribution in [-0.4, -0.2) is 60.2 Å². The van der Waals surface area contributed by atoms with E-state index in [0.29, 0.717) is 11.8 Å². The van der Waals surface area contributed by atoms with E-state index >= 15 is 0 Å². The van der Waals surface area contributed by atoms with Crippen molar-refractivity contribution in [2.75, 3.05) is 32.8 Å². The Morgan fingerprint density at radius 3 is 2.82 bits per heavy atom. The van der Waals surface area contributed by atoms with Gasteiger partial charge in [0.25, 0.3) is 0 Å². The van der Waals surface area contributed by atoms with Crippen LogP contribution in [-0.2, 0) is 4.74 Å². The molecular weight excluding hydrogens is 350 g/mol. The van der Waals surface area contributed by atoms with E-state index in [4.69, 9.17) is 4.74 Å². The van der Waals surface area contributed by atoms with Gasteiger partial charge in [-0.1, -0.05) is 50.0 Å². The van der Waals surface area contributed by atoms with Gasteiger partial charge in [0.1, 0.15) is 0 Å². The summed E-state index contributed by atoms with van der Waals surface area (Å²) in [4.78, 5) is 2.49. The Morgan fingerprint density at radius 2 is 2.04 bits per heavy atom. The summed E-state index contributed by atoms with van der Waals surface area (Å²) in [5.74, 6) is 1.33. The molecule has 1 saturated heterocycles. The van der Waals surface area contributed by atoms with Gasteiger partial charge in [0, 0.05) is 12.5 Å². The zero-order valence-electron chi connectivity index (χ0n) is 17.8. The molecule has 0 radical (unpaired) electrons. The van der Waals surface area contributed by atoms with Crippen LogP contribution in [0.3, 0.4) is 0 Å². The van der Waals surface area contributed by atoms with Crippen LogP contribution in [0.4, 0.5) is 0 Å². The Balaban J connectivity index is 1.39. The molecule has 28 heavy (non-hydrogen) atoms. The van der Waals surface area contributed by atoms with Crippen molar-refractivity contribution in [1.82, 2.24) is 4.90 Å². The monoisotopic (exact) mass is 391 g/mol. The fraction of sp³-hybridized carbons (Fsp3) is 0.833. The van der Waals surface area contributed by atoms with Gasteiger partial charge in [-0.15, -0.1) is 0 Å². The lowest BCUT2D eigenvalue weighted by molar-refractivity contribution is 0.132. The fourth-order valence-electron chi connectivity index (χ4n) is 5.36. The van der Waals surface area contributed by atoms with Crippen molar-refractivity contribution in [2.45, 2.75) is 76.9 Å². The van der Waals surface area contributed by atoms with E-state index in [1.807, 2.05) is 6.08 Å². The summed E-state index contributed by atoms with van der Waals surface area (Å²) >= 11 is 0. The Kier molecular flexibility index (Phi) is 9.04. The lowest BCUT2D eigenvalue weighted by Gasteiger charge is -2.18. The molecule has 3 rings (SSSR count). The molecule has 160 valence electrons. The van der Waals surface area contributed by atoms with Gasteiger partial charge in [-0.05, 0) is 63.5 Å². The van der Waals surface area contributed by atoms with E-state index in [9.17, 15) is 10.2 Å². The zero-order valence-corrected chi connectivity index (χ0v) is 17.8. The first-order valence-corrected chi connectivity index (χ1v) is 11.7. The molecule has 4 nitrogen and oxygen atoms in total. The van der Waals surface area contributed by atoms with Crippen molar-refractivity contribution in [3.05, 3.63) is 23.8 Å². The van der Waals surface area contributed by atoms with Gasteiger partial charge in [0.2, 0.25) is 0 Å². The quantitative estimate of drug-likeness (QED) is 0.414. The highest BCUT2D eigenvalue weighted by atomic mass is 16.5. The molecule has 1 heterocycles. The molecule has 0 aromatic heterocycles. The molecule has 0 aromatic rings. The molecule has 0 unspecified atom stereocenters. The number of unbranched alkanes of at least 4 members (excludes halogenated alkanes) is 2. The molecular formula is C24H41NO3. The largest absolute Gasteiger partial charge is 0.392 e. The predicted molar refractivity (Wildman–Crippen MR) is 114 cm³/mol. The molecule has 2 saturated carbocycles. The molecule has 2 aliphatic carbocycles. The summed E-state index contributed by atoms with van der Waals surface area (Å²) in [5, 5.41) is 20.6. The maximum atomic E-state index is 10.5. The van der Waals surface area contributed by atoms with E-state index < -0.39 is 0 Å². The summed E-state index contributed by atoms with van der Waals surface area (Å²) in [6, 6.07) is 0. The smallest absolute Gasteiger partial charge is 0.0721 e. The summed E-state index contributed by atoms with van der Waals surface area (Å²) in [5.41, 5.74) is 1.50. The molecule has 0 spiro atoms. The Hall–Kier alpha value is -0.680. The summed E-state index contributed by atoms with van der Waals surface area (Å²) < 4.78 is 5.84. The number of aliphatic hydroxyl groups is 2. The van der Waals surface area contributed by atoms with E-state index in [1.165, 1.54) is 44.3 Å². The number of aliphatic hydroxyl groups excluding tert-OH is 2. The van der Waals surface area contributed by atoms with Crippen molar-refractivity contribution in [3.8, 4) is 0 Å². The van der Waals surface area contributed by atoms with Gasteiger partial charge in [-0.25, -0.2) is 0 Å². The van der Waals surface area contributed by atoms with Crippen LogP contribution < -0.4 is 0 Å². The van der Waals surface area contributed by atoms with Gasteiger partial charge in [0.05, 0.1) is 25.4 Å². The second-order valence-corrected chi connectivity index (χ2v) is 9.15. The number of hydrogen-bond donors (Lipinski definition) is 2.